The van der Waals surface area contributed by atoms with Gasteiger partial charge in [0.05, 0.1) is 30.7 Å². The number of hydrogen-bond donors (Lipinski definition) is 1. The van der Waals surface area contributed by atoms with Gasteiger partial charge in [-0.1, -0.05) is 0 Å². The number of fused-ring (bicyclic) bond motifs is 1. The molecule has 10 nitrogen and oxygen atoms in total. The number of ether oxygens (including phenoxy) is 2. The van der Waals surface area contributed by atoms with Crippen LogP contribution in [0.4, 0.5) is 5.82 Å². The topological polar surface area (TPSA) is 111 Å². The fourth-order valence-corrected chi connectivity index (χ4v) is 6.20. The third-order valence-corrected chi connectivity index (χ3v) is 8.39. The summed E-state index contributed by atoms with van der Waals surface area (Å²) >= 11 is 0. The van der Waals surface area contributed by atoms with Gasteiger partial charge in [-0.2, -0.15) is 4.98 Å². The van der Waals surface area contributed by atoms with Gasteiger partial charge in [0.2, 0.25) is 5.95 Å². The normalized spacial score (nSPS) is 18.7. The molecule has 0 bridgehead atoms. The Balaban J connectivity index is 1.42. The highest BCUT2D eigenvalue weighted by molar-refractivity contribution is 7.91. The maximum absolute atomic E-state index is 11.9. The molecule has 2 aliphatic rings. The van der Waals surface area contributed by atoms with Crippen LogP contribution in [0, 0.1) is 0 Å². The first-order chi connectivity index (χ1) is 17.0. The zero-order valence-electron chi connectivity index (χ0n) is 20.0. The van der Waals surface area contributed by atoms with Crippen LogP contribution in [0.5, 0.6) is 11.5 Å². The van der Waals surface area contributed by atoms with E-state index in [1.165, 1.54) is 25.9 Å². The fraction of sp³-hybridized carbons (Fsp3) is 0.542. The number of nitrogens with one attached hydrogen (secondary N) is 1. The first-order valence-electron chi connectivity index (χ1n) is 12.2. The smallest absolute Gasteiger partial charge is 0.237 e. The minimum Gasteiger partial charge on any atom is -0.493 e. The molecule has 2 aromatic heterocycles. The van der Waals surface area contributed by atoms with Gasteiger partial charge in [0.25, 0.3) is 0 Å². The molecule has 0 atom stereocenters. The molecule has 2 aliphatic heterocycles. The number of nitrogens with zero attached hydrogens (tertiary/aromatic N) is 5. The van der Waals surface area contributed by atoms with Crippen LogP contribution in [0.15, 0.2) is 30.9 Å². The summed E-state index contributed by atoms with van der Waals surface area (Å²) in [6, 6.07) is 3.80. The number of likely N-dealkylation sites (tertiary alicyclic amines) is 1. The van der Waals surface area contributed by atoms with Crippen molar-refractivity contribution in [1.82, 2.24) is 24.4 Å². The van der Waals surface area contributed by atoms with E-state index < -0.39 is 9.84 Å². The molecule has 0 aliphatic carbocycles. The van der Waals surface area contributed by atoms with Crippen molar-refractivity contribution in [2.75, 3.05) is 50.2 Å². The van der Waals surface area contributed by atoms with Crippen molar-refractivity contribution in [2.24, 2.45) is 0 Å². The zero-order valence-corrected chi connectivity index (χ0v) is 20.8. The van der Waals surface area contributed by atoms with Crippen LogP contribution >= 0.6 is 0 Å². The van der Waals surface area contributed by atoms with Gasteiger partial charge < -0.3 is 19.7 Å². The Kier molecular flexibility index (Phi) is 7.05. The van der Waals surface area contributed by atoms with Crippen LogP contribution in [-0.2, 0) is 9.84 Å². The van der Waals surface area contributed by atoms with Gasteiger partial charge in [-0.15, -0.1) is 0 Å². The number of imidazole rings is 1. The highest BCUT2D eigenvalue weighted by atomic mass is 32.2. The zero-order chi connectivity index (χ0) is 24.3. The van der Waals surface area contributed by atoms with Gasteiger partial charge in [0.1, 0.15) is 22.0 Å². The first kappa shape index (κ1) is 23.8. The Labute approximate surface area is 205 Å². The average molecular weight is 501 g/mol. The molecule has 2 fully saturated rings. The Morgan fingerprint density at radius 2 is 1.91 bits per heavy atom. The Bertz CT molecular complexity index is 1240. The third-order valence-electron chi connectivity index (χ3n) is 6.68. The van der Waals surface area contributed by atoms with Crippen molar-refractivity contribution in [2.45, 2.75) is 38.1 Å². The molecular weight excluding hydrogens is 468 g/mol. The van der Waals surface area contributed by atoms with Gasteiger partial charge >= 0.3 is 0 Å². The number of sulfone groups is 1. The van der Waals surface area contributed by atoms with E-state index in [2.05, 4.69) is 15.2 Å². The van der Waals surface area contributed by atoms with E-state index in [1.807, 2.05) is 12.1 Å². The van der Waals surface area contributed by atoms with Gasteiger partial charge in [-0.3, -0.25) is 4.57 Å². The van der Waals surface area contributed by atoms with Gasteiger partial charge in [-0.05, 0) is 51.3 Å². The van der Waals surface area contributed by atoms with Crippen LogP contribution in [0.3, 0.4) is 0 Å². The summed E-state index contributed by atoms with van der Waals surface area (Å²) in [5, 5.41) is 4.26. The van der Waals surface area contributed by atoms with Crippen molar-refractivity contribution in [3.8, 4) is 17.4 Å². The third kappa shape index (κ3) is 5.67. The standard InChI is InChI=1S/C24H32N6O4S/c1-33-21-15-19-20(16-22(21)34-12-4-10-29-8-2-3-9-29)27-24(30-11-7-25-17-30)28-23(19)26-18-5-13-35(31,32)14-6-18/h7,11,15-18H,2-6,8-10,12-14H2,1H3,(H,26,27,28). The number of anilines is 1. The molecule has 1 aromatic carbocycles. The van der Waals surface area contributed by atoms with Crippen LogP contribution in [0.25, 0.3) is 16.9 Å². The van der Waals surface area contributed by atoms with Crippen LogP contribution in [0.2, 0.25) is 0 Å². The van der Waals surface area contributed by atoms with Crippen molar-refractivity contribution in [3.05, 3.63) is 30.9 Å². The number of hydrogen-bond acceptors (Lipinski definition) is 9. The fourth-order valence-electron chi connectivity index (χ4n) is 4.70. The lowest BCUT2D eigenvalue weighted by Gasteiger charge is -2.24. The summed E-state index contributed by atoms with van der Waals surface area (Å²) in [7, 11) is -1.33. The van der Waals surface area contributed by atoms with Crippen molar-refractivity contribution in [1.29, 1.82) is 0 Å². The second kappa shape index (κ2) is 10.4. The van der Waals surface area contributed by atoms with E-state index in [4.69, 9.17) is 19.4 Å². The van der Waals surface area contributed by atoms with E-state index in [0.717, 1.165) is 18.4 Å². The second-order valence-electron chi connectivity index (χ2n) is 9.18. The van der Waals surface area contributed by atoms with Crippen molar-refractivity contribution >= 4 is 26.6 Å². The molecule has 0 amide bonds. The highest BCUT2D eigenvalue weighted by Crippen LogP contribution is 2.35. The van der Waals surface area contributed by atoms with Crippen molar-refractivity contribution < 1.29 is 17.9 Å². The summed E-state index contributed by atoms with van der Waals surface area (Å²) in [5.74, 6) is 2.74. The molecular formula is C24H32N6O4S. The first-order valence-corrected chi connectivity index (χ1v) is 14.0. The SMILES string of the molecule is COc1cc2c(NC3CCS(=O)(=O)CC3)nc(-n3ccnc3)nc2cc1OCCCN1CCCC1. The Morgan fingerprint density at radius 1 is 1.11 bits per heavy atom. The Morgan fingerprint density at radius 3 is 2.63 bits per heavy atom. The molecule has 2 saturated heterocycles. The minimum atomic E-state index is -2.95. The molecule has 3 aromatic rings. The van der Waals surface area contributed by atoms with Crippen LogP contribution in [-0.4, -0.2) is 83.7 Å². The van der Waals surface area contributed by atoms with E-state index in [9.17, 15) is 8.42 Å². The minimum absolute atomic E-state index is 0.0137. The van der Waals surface area contributed by atoms with Crippen molar-refractivity contribution in [3.63, 3.8) is 0 Å². The molecule has 5 rings (SSSR count). The summed E-state index contributed by atoms with van der Waals surface area (Å²) < 4.78 is 37.3. The molecule has 11 heteroatoms. The summed E-state index contributed by atoms with van der Waals surface area (Å²) in [4.78, 5) is 16.1. The van der Waals surface area contributed by atoms with E-state index in [-0.39, 0.29) is 17.5 Å². The van der Waals surface area contributed by atoms with Gasteiger partial charge in [0, 0.05) is 36.4 Å². The van der Waals surface area contributed by atoms with E-state index in [1.54, 1.807) is 30.4 Å². The molecule has 35 heavy (non-hydrogen) atoms. The molecule has 4 heterocycles. The largest absolute Gasteiger partial charge is 0.493 e. The quantitative estimate of drug-likeness (QED) is 0.443. The summed E-state index contributed by atoms with van der Waals surface area (Å²) in [6.45, 7) is 3.99. The Hall–Kier alpha value is -2.92. The lowest BCUT2D eigenvalue weighted by Crippen LogP contribution is -2.32. The lowest BCUT2D eigenvalue weighted by atomic mass is 10.1. The summed E-state index contributed by atoms with van der Waals surface area (Å²) in [6.07, 6.45) is 9.72. The number of methoxy groups -OCH3 is 1. The molecule has 0 spiro atoms. The molecule has 1 N–H and O–H groups in total. The van der Waals surface area contributed by atoms with E-state index in [0.29, 0.717) is 48.2 Å². The maximum atomic E-state index is 11.9. The maximum Gasteiger partial charge on any atom is 0.237 e. The lowest BCUT2D eigenvalue weighted by molar-refractivity contribution is 0.254. The second-order valence-corrected chi connectivity index (χ2v) is 11.5. The van der Waals surface area contributed by atoms with Gasteiger partial charge in [0.15, 0.2) is 11.5 Å². The number of benzene rings is 1. The van der Waals surface area contributed by atoms with Crippen LogP contribution in [0.1, 0.15) is 32.1 Å². The van der Waals surface area contributed by atoms with Crippen LogP contribution < -0.4 is 14.8 Å². The number of rotatable bonds is 9. The molecule has 0 unspecified atom stereocenters. The molecule has 188 valence electrons. The molecule has 0 saturated carbocycles. The van der Waals surface area contributed by atoms with E-state index >= 15 is 0 Å². The monoisotopic (exact) mass is 500 g/mol. The van der Waals surface area contributed by atoms with Gasteiger partial charge in [-0.25, -0.2) is 18.4 Å². The predicted octanol–water partition coefficient (Wildman–Crippen LogP) is 2.68. The average Bonchev–Trinajstić information content (AvgIpc) is 3.57. The predicted molar refractivity (Wildman–Crippen MR) is 134 cm³/mol. The number of aromatic nitrogens is 4. The summed E-state index contributed by atoms with van der Waals surface area (Å²) in [5.41, 5.74) is 0.713. The molecule has 0 radical (unpaired) electrons. The highest BCUT2D eigenvalue weighted by Gasteiger charge is 2.25.